The van der Waals surface area contributed by atoms with Crippen LogP contribution in [0.2, 0.25) is 0 Å². The van der Waals surface area contributed by atoms with E-state index >= 15 is 0 Å². The number of rotatable bonds is 3. The molecular weight excluding hydrogens is 190 g/mol. The number of anilines is 1. The van der Waals surface area contributed by atoms with Crippen LogP contribution in [0.1, 0.15) is 17.9 Å². The van der Waals surface area contributed by atoms with Gasteiger partial charge in [-0.1, -0.05) is 12.1 Å². The predicted octanol–water partition coefficient (Wildman–Crippen LogP) is 1.94. The lowest BCUT2D eigenvalue weighted by Crippen LogP contribution is -2.08. The summed E-state index contributed by atoms with van der Waals surface area (Å²) in [5.41, 5.74) is 2.29. The van der Waals surface area contributed by atoms with Crippen molar-refractivity contribution in [1.29, 1.82) is 0 Å². The lowest BCUT2D eigenvalue weighted by Gasteiger charge is -2.12. The van der Waals surface area contributed by atoms with Crippen molar-refractivity contribution in [2.24, 2.45) is 5.92 Å². The summed E-state index contributed by atoms with van der Waals surface area (Å²) in [5, 5.41) is 8.82. The molecule has 3 nitrogen and oxygen atoms in total. The van der Waals surface area contributed by atoms with Gasteiger partial charge in [-0.15, -0.1) is 0 Å². The second-order valence-electron chi connectivity index (χ2n) is 4.27. The van der Waals surface area contributed by atoms with Crippen LogP contribution in [-0.4, -0.2) is 25.2 Å². The molecule has 2 atom stereocenters. The average molecular weight is 205 g/mol. The quantitative estimate of drug-likeness (QED) is 0.819. The van der Waals surface area contributed by atoms with E-state index in [9.17, 15) is 4.79 Å². The third kappa shape index (κ3) is 1.96. The van der Waals surface area contributed by atoms with Gasteiger partial charge in [0, 0.05) is 19.8 Å². The van der Waals surface area contributed by atoms with Crippen LogP contribution in [0.25, 0.3) is 0 Å². The standard InChI is InChI=1S/C12H15NO2/c1-13(2)9-5-3-8(4-6-9)10-7-11(10)12(14)15/h3-6,10-11H,7H2,1-2H3,(H,14,15)/t10-,11-/m1/s1. The maximum Gasteiger partial charge on any atom is 0.307 e. The number of nitrogens with zero attached hydrogens (tertiary/aromatic N) is 1. The summed E-state index contributed by atoms with van der Waals surface area (Å²) < 4.78 is 0. The van der Waals surface area contributed by atoms with E-state index in [2.05, 4.69) is 0 Å². The van der Waals surface area contributed by atoms with Crippen molar-refractivity contribution < 1.29 is 9.90 Å². The Labute approximate surface area is 89.3 Å². The molecule has 0 unspecified atom stereocenters. The van der Waals surface area contributed by atoms with Crippen LogP contribution in [0.5, 0.6) is 0 Å². The summed E-state index contributed by atoms with van der Waals surface area (Å²) in [6.45, 7) is 0. The molecule has 0 radical (unpaired) electrons. The minimum absolute atomic E-state index is 0.157. The van der Waals surface area contributed by atoms with Crippen LogP contribution in [0, 0.1) is 5.92 Å². The molecule has 0 aliphatic heterocycles. The molecule has 0 bridgehead atoms. The second-order valence-corrected chi connectivity index (χ2v) is 4.27. The molecule has 1 fully saturated rings. The van der Waals surface area contributed by atoms with Crippen molar-refractivity contribution in [3.05, 3.63) is 29.8 Å². The summed E-state index contributed by atoms with van der Waals surface area (Å²) in [6.07, 6.45) is 0.788. The van der Waals surface area contributed by atoms with E-state index in [-0.39, 0.29) is 11.8 Å². The van der Waals surface area contributed by atoms with E-state index in [1.807, 2.05) is 43.3 Å². The Morgan fingerprint density at radius 3 is 2.33 bits per heavy atom. The number of benzene rings is 1. The highest BCUT2D eigenvalue weighted by atomic mass is 16.4. The van der Waals surface area contributed by atoms with Crippen LogP contribution in [0.3, 0.4) is 0 Å². The van der Waals surface area contributed by atoms with Gasteiger partial charge in [0.05, 0.1) is 5.92 Å². The van der Waals surface area contributed by atoms with Crippen molar-refractivity contribution in [1.82, 2.24) is 0 Å². The topological polar surface area (TPSA) is 40.5 Å². The van der Waals surface area contributed by atoms with Crippen molar-refractivity contribution in [3.8, 4) is 0 Å². The van der Waals surface area contributed by atoms with Crippen molar-refractivity contribution in [2.75, 3.05) is 19.0 Å². The molecule has 1 N–H and O–H groups in total. The number of hydrogen-bond acceptors (Lipinski definition) is 2. The minimum atomic E-state index is -0.670. The van der Waals surface area contributed by atoms with E-state index in [0.29, 0.717) is 0 Å². The van der Waals surface area contributed by atoms with Gasteiger partial charge >= 0.3 is 5.97 Å². The van der Waals surface area contributed by atoms with Gasteiger partial charge in [-0.3, -0.25) is 4.79 Å². The second kappa shape index (κ2) is 3.57. The van der Waals surface area contributed by atoms with E-state index in [0.717, 1.165) is 17.7 Å². The Bertz CT molecular complexity index is 370. The first kappa shape index (κ1) is 10.0. The maximum absolute atomic E-state index is 10.7. The lowest BCUT2D eigenvalue weighted by molar-refractivity contribution is -0.138. The fourth-order valence-corrected chi connectivity index (χ4v) is 1.86. The van der Waals surface area contributed by atoms with Gasteiger partial charge in [0.1, 0.15) is 0 Å². The smallest absolute Gasteiger partial charge is 0.307 e. The fraction of sp³-hybridized carbons (Fsp3) is 0.417. The molecule has 3 heteroatoms. The molecule has 0 aromatic heterocycles. The van der Waals surface area contributed by atoms with Gasteiger partial charge in [0.2, 0.25) is 0 Å². The van der Waals surface area contributed by atoms with Gasteiger partial charge < -0.3 is 10.0 Å². The third-order valence-corrected chi connectivity index (χ3v) is 2.95. The minimum Gasteiger partial charge on any atom is -0.481 e. The highest BCUT2D eigenvalue weighted by Gasteiger charge is 2.43. The lowest BCUT2D eigenvalue weighted by atomic mass is 10.1. The Balaban J connectivity index is 2.09. The molecule has 1 aromatic carbocycles. The molecule has 0 spiro atoms. The first-order valence-corrected chi connectivity index (χ1v) is 5.09. The average Bonchev–Trinajstić information content (AvgIpc) is 2.97. The van der Waals surface area contributed by atoms with Crippen molar-refractivity contribution >= 4 is 11.7 Å². The Morgan fingerprint density at radius 2 is 1.93 bits per heavy atom. The fourth-order valence-electron chi connectivity index (χ4n) is 1.86. The van der Waals surface area contributed by atoms with Crippen LogP contribution >= 0.6 is 0 Å². The highest BCUT2D eigenvalue weighted by Crippen LogP contribution is 2.47. The van der Waals surface area contributed by atoms with Gasteiger partial charge in [0.25, 0.3) is 0 Å². The molecule has 0 saturated heterocycles. The molecule has 1 aromatic rings. The zero-order valence-corrected chi connectivity index (χ0v) is 8.97. The maximum atomic E-state index is 10.7. The van der Waals surface area contributed by atoms with E-state index in [4.69, 9.17) is 5.11 Å². The largest absolute Gasteiger partial charge is 0.481 e. The molecule has 0 heterocycles. The first-order valence-electron chi connectivity index (χ1n) is 5.09. The first-order chi connectivity index (χ1) is 7.09. The number of hydrogen-bond donors (Lipinski definition) is 1. The SMILES string of the molecule is CN(C)c1ccc([C@H]2C[C@H]2C(=O)O)cc1. The normalized spacial score (nSPS) is 23.6. The number of carboxylic acids is 1. The Hall–Kier alpha value is -1.51. The van der Waals surface area contributed by atoms with Gasteiger partial charge in [-0.05, 0) is 30.0 Å². The monoisotopic (exact) mass is 205 g/mol. The van der Waals surface area contributed by atoms with Gasteiger partial charge in [0.15, 0.2) is 0 Å². The van der Waals surface area contributed by atoms with Crippen LogP contribution in [0.15, 0.2) is 24.3 Å². The van der Waals surface area contributed by atoms with Crippen LogP contribution in [-0.2, 0) is 4.79 Å². The summed E-state index contributed by atoms with van der Waals surface area (Å²) in [7, 11) is 3.98. The third-order valence-electron chi connectivity index (χ3n) is 2.95. The summed E-state index contributed by atoms with van der Waals surface area (Å²) in [4.78, 5) is 12.7. The predicted molar refractivity (Wildman–Crippen MR) is 59.3 cm³/mol. The van der Waals surface area contributed by atoms with E-state index in [1.165, 1.54) is 0 Å². The molecule has 80 valence electrons. The number of carbonyl (C=O) groups is 1. The Kier molecular flexibility index (Phi) is 2.39. The highest BCUT2D eigenvalue weighted by molar-refractivity contribution is 5.75. The van der Waals surface area contributed by atoms with Crippen molar-refractivity contribution in [2.45, 2.75) is 12.3 Å². The van der Waals surface area contributed by atoms with Crippen molar-refractivity contribution in [3.63, 3.8) is 0 Å². The molecular formula is C12H15NO2. The van der Waals surface area contributed by atoms with E-state index in [1.54, 1.807) is 0 Å². The number of carboxylic acid groups (broad SMARTS) is 1. The zero-order chi connectivity index (χ0) is 11.0. The molecule has 1 aliphatic carbocycles. The van der Waals surface area contributed by atoms with Gasteiger partial charge in [-0.25, -0.2) is 0 Å². The number of aliphatic carboxylic acids is 1. The van der Waals surface area contributed by atoms with Crippen LogP contribution in [0.4, 0.5) is 5.69 Å². The van der Waals surface area contributed by atoms with Gasteiger partial charge in [-0.2, -0.15) is 0 Å². The summed E-state index contributed by atoms with van der Waals surface area (Å²) >= 11 is 0. The Morgan fingerprint density at radius 1 is 1.33 bits per heavy atom. The summed E-state index contributed by atoms with van der Waals surface area (Å²) in [5.74, 6) is -0.592. The summed E-state index contributed by atoms with van der Waals surface area (Å²) in [6, 6.07) is 8.13. The molecule has 2 rings (SSSR count). The molecule has 0 amide bonds. The molecule has 1 aliphatic rings. The molecule has 1 saturated carbocycles. The van der Waals surface area contributed by atoms with E-state index < -0.39 is 5.97 Å². The van der Waals surface area contributed by atoms with Crippen LogP contribution < -0.4 is 4.90 Å². The molecule has 15 heavy (non-hydrogen) atoms. The zero-order valence-electron chi connectivity index (χ0n) is 8.97.